The quantitative estimate of drug-likeness (QED) is 0.233. The van der Waals surface area contributed by atoms with Crippen molar-refractivity contribution in [1.82, 2.24) is 5.32 Å². The summed E-state index contributed by atoms with van der Waals surface area (Å²) in [6.45, 7) is 1.71. The van der Waals surface area contributed by atoms with Crippen molar-refractivity contribution in [1.29, 1.82) is 0 Å². The number of hydrogen-bond acceptors (Lipinski definition) is 7. The van der Waals surface area contributed by atoms with Crippen molar-refractivity contribution in [3.05, 3.63) is 70.5 Å². The molecule has 1 heterocycles. The van der Waals surface area contributed by atoms with Gasteiger partial charge in [0.05, 0.1) is 11.5 Å². The number of nitrogens with zero attached hydrogens (tertiary/aromatic N) is 1. The number of Topliss-reactive ketones (excluding diaryl/α,β-unsaturated/α-hetero) is 2. The summed E-state index contributed by atoms with van der Waals surface area (Å²) in [5, 5.41) is 11.2. The van der Waals surface area contributed by atoms with Crippen LogP contribution in [0, 0.1) is 24.6 Å². The number of hydrogen-bond donors (Lipinski definition) is 3. The van der Waals surface area contributed by atoms with Gasteiger partial charge in [0.25, 0.3) is 0 Å². The Balaban J connectivity index is 2.01. The third kappa shape index (κ3) is 11.2. The van der Waals surface area contributed by atoms with Crippen LogP contribution in [0.5, 0.6) is 0 Å². The minimum atomic E-state index is -4.85. The van der Waals surface area contributed by atoms with E-state index in [1.54, 1.807) is 25.1 Å². The molecule has 256 valence electrons. The molecule has 8 nitrogen and oxygen atoms in total. The molecular formula is C31H32F7N3O5S. The maximum absolute atomic E-state index is 14.2. The van der Waals surface area contributed by atoms with E-state index < -0.39 is 97.1 Å². The van der Waals surface area contributed by atoms with E-state index in [0.717, 1.165) is 6.07 Å². The number of nitrogens with two attached hydrogens (primary N) is 1. The zero-order valence-corrected chi connectivity index (χ0v) is 25.8. The number of carboxylic acids is 1. The molecule has 0 saturated heterocycles. The molecule has 0 aliphatic carbocycles. The van der Waals surface area contributed by atoms with Crippen LogP contribution in [0.2, 0.25) is 0 Å². The number of fused-ring (bicyclic) bond motifs is 1. The zero-order chi connectivity index (χ0) is 35.1. The van der Waals surface area contributed by atoms with Gasteiger partial charge >= 0.3 is 18.3 Å². The number of halogens is 7. The molecule has 2 aromatic carbocycles. The summed E-state index contributed by atoms with van der Waals surface area (Å²) in [6.07, 6.45) is -17.0. The third-order valence-electron chi connectivity index (χ3n) is 7.53. The number of nitrogens with one attached hydrogen (secondary N) is 1. The minimum Gasteiger partial charge on any atom is -0.480 e. The molecule has 1 aliphatic heterocycles. The Morgan fingerprint density at radius 3 is 2.23 bits per heavy atom. The summed E-state index contributed by atoms with van der Waals surface area (Å²) in [7, 11) is 0. The predicted molar refractivity (Wildman–Crippen MR) is 159 cm³/mol. The summed E-state index contributed by atoms with van der Waals surface area (Å²) in [6, 6.07) is 8.74. The lowest BCUT2D eigenvalue weighted by molar-refractivity contribution is -0.152. The molecule has 3 rings (SSSR count). The molecule has 0 fully saturated rings. The van der Waals surface area contributed by atoms with E-state index in [4.69, 9.17) is 10.8 Å². The molecule has 0 radical (unpaired) electrons. The van der Waals surface area contributed by atoms with Crippen molar-refractivity contribution >= 4 is 40.9 Å². The van der Waals surface area contributed by atoms with Crippen LogP contribution in [0.3, 0.4) is 0 Å². The number of aliphatic carboxylic acids is 1. The second kappa shape index (κ2) is 15.9. The average Bonchev–Trinajstić information content (AvgIpc) is 3.10. The van der Waals surface area contributed by atoms with Gasteiger partial charge in [0.15, 0.2) is 11.9 Å². The summed E-state index contributed by atoms with van der Waals surface area (Å²) in [5.41, 5.74) is 7.29. The van der Waals surface area contributed by atoms with Gasteiger partial charge in [-0.15, -0.1) is 0 Å². The molecule has 47 heavy (non-hydrogen) atoms. The lowest BCUT2D eigenvalue weighted by Crippen LogP contribution is -2.46. The van der Waals surface area contributed by atoms with Crippen LogP contribution in [-0.2, 0) is 25.6 Å². The van der Waals surface area contributed by atoms with Crippen LogP contribution in [-0.4, -0.2) is 70.3 Å². The highest BCUT2D eigenvalue weighted by Crippen LogP contribution is 2.34. The molecule has 0 bridgehead atoms. The fraction of sp³-hybridized carbons (Fsp3) is 0.452. The number of amides is 1. The van der Waals surface area contributed by atoms with E-state index in [0.29, 0.717) is 28.5 Å². The van der Waals surface area contributed by atoms with E-state index in [1.165, 1.54) is 18.2 Å². The first-order valence-electron chi connectivity index (χ1n) is 14.3. The SMILES string of the molecule is Cc1cccc2c1CC(=O)[C@@H](NC(=O)[C@H](CCC(F)(F)F)[C@H](CCC(F)(F)F)C(=O)CSC[C@H](N)C(=O)O)N=C2c1cccc(F)c1. The van der Waals surface area contributed by atoms with Gasteiger partial charge in [-0.1, -0.05) is 30.3 Å². The summed E-state index contributed by atoms with van der Waals surface area (Å²) >= 11 is 0.647. The fourth-order valence-corrected chi connectivity index (χ4v) is 6.06. The molecule has 0 saturated carbocycles. The van der Waals surface area contributed by atoms with E-state index in [1.807, 2.05) is 0 Å². The lowest BCUT2D eigenvalue weighted by atomic mass is 9.81. The van der Waals surface area contributed by atoms with Crippen LogP contribution in [0.25, 0.3) is 0 Å². The molecule has 0 aromatic heterocycles. The zero-order valence-electron chi connectivity index (χ0n) is 25.0. The van der Waals surface area contributed by atoms with Crippen molar-refractivity contribution in [2.75, 3.05) is 11.5 Å². The van der Waals surface area contributed by atoms with Gasteiger partial charge in [-0.05, 0) is 43.0 Å². The van der Waals surface area contributed by atoms with Crippen molar-refractivity contribution in [3.63, 3.8) is 0 Å². The molecule has 1 aliphatic rings. The fourth-order valence-electron chi connectivity index (χ4n) is 5.13. The number of alkyl halides is 6. The summed E-state index contributed by atoms with van der Waals surface area (Å²) in [4.78, 5) is 55.6. The Bertz CT molecular complexity index is 1510. The van der Waals surface area contributed by atoms with E-state index >= 15 is 0 Å². The monoisotopic (exact) mass is 691 g/mol. The molecule has 2 aromatic rings. The Hall–Kier alpha value is -3.79. The third-order valence-corrected chi connectivity index (χ3v) is 8.61. The van der Waals surface area contributed by atoms with Gasteiger partial charge in [0.1, 0.15) is 17.6 Å². The van der Waals surface area contributed by atoms with E-state index in [2.05, 4.69) is 10.3 Å². The van der Waals surface area contributed by atoms with Crippen molar-refractivity contribution < 1.29 is 55.0 Å². The van der Waals surface area contributed by atoms with Crippen molar-refractivity contribution in [2.24, 2.45) is 22.6 Å². The molecule has 0 unspecified atom stereocenters. The topological polar surface area (TPSA) is 139 Å². The molecular weight excluding hydrogens is 659 g/mol. The Morgan fingerprint density at radius 1 is 1.02 bits per heavy atom. The number of thioether (sulfide) groups is 1. The van der Waals surface area contributed by atoms with Crippen LogP contribution in [0.1, 0.15) is 47.9 Å². The van der Waals surface area contributed by atoms with Gasteiger partial charge in [0.2, 0.25) is 5.91 Å². The standard InChI is InChI=1S/C31H32F7N3O5S/c1-16-4-2-7-20-22(16)13-24(42)27(40-26(20)17-5-3-6-18(32)12-17)41-28(44)21(9-11-31(36,37)38)19(8-10-30(33,34)35)25(43)15-47-14-23(39)29(45)46/h2-7,12,19,21,23,27H,8-11,13-15,39H2,1H3,(H,41,44)(H,45,46)/t19-,21+,23-,27+/m0/s1. The van der Waals surface area contributed by atoms with E-state index in [-0.39, 0.29) is 23.4 Å². The molecule has 0 spiro atoms. The van der Waals surface area contributed by atoms with Gasteiger partial charge in [-0.25, -0.2) is 4.39 Å². The Morgan fingerprint density at radius 2 is 1.64 bits per heavy atom. The van der Waals surface area contributed by atoms with Crippen LogP contribution in [0.15, 0.2) is 47.5 Å². The van der Waals surface area contributed by atoms with E-state index in [9.17, 15) is 49.9 Å². The molecule has 16 heteroatoms. The predicted octanol–water partition coefficient (Wildman–Crippen LogP) is 5.17. The number of ketones is 2. The number of aliphatic imine (C=N–C) groups is 1. The number of benzene rings is 2. The van der Waals surface area contributed by atoms with Crippen molar-refractivity contribution in [3.8, 4) is 0 Å². The number of carbonyl (C=O) groups excluding carboxylic acids is 3. The summed E-state index contributed by atoms with van der Waals surface area (Å²) < 4.78 is 94.0. The Labute approximate surface area is 269 Å². The highest BCUT2D eigenvalue weighted by atomic mass is 32.2. The highest BCUT2D eigenvalue weighted by molar-refractivity contribution is 8.00. The first-order valence-corrected chi connectivity index (χ1v) is 15.5. The second-order valence-corrected chi connectivity index (χ2v) is 12.1. The molecule has 4 atom stereocenters. The highest BCUT2D eigenvalue weighted by Gasteiger charge is 2.41. The molecule has 1 amide bonds. The lowest BCUT2D eigenvalue weighted by Gasteiger charge is -2.27. The maximum atomic E-state index is 14.2. The first kappa shape index (κ1) is 37.7. The number of carboxylic acid groups (broad SMARTS) is 1. The smallest absolute Gasteiger partial charge is 0.389 e. The average molecular weight is 692 g/mol. The van der Waals surface area contributed by atoms with Gasteiger partial charge in [-0.2, -0.15) is 38.1 Å². The van der Waals surface area contributed by atoms with Gasteiger partial charge in [0, 0.05) is 48.0 Å². The summed E-state index contributed by atoms with van der Waals surface area (Å²) in [5.74, 6) is -9.87. The normalized spacial score (nSPS) is 17.2. The van der Waals surface area contributed by atoms with Crippen molar-refractivity contribution in [2.45, 2.75) is 63.6 Å². The number of aryl methyl sites for hydroxylation is 1. The number of carbonyl (C=O) groups is 4. The Kier molecular flexibility index (Phi) is 12.7. The largest absolute Gasteiger partial charge is 0.480 e. The van der Waals surface area contributed by atoms with Crippen LogP contribution in [0.4, 0.5) is 30.7 Å². The van der Waals surface area contributed by atoms with Gasteiger partial charge < -0.3 is 16.2 Å². The first-order chi connectivity index (χ1) is 21.9. The van der Waals surface area contributed by atoms with Gasteiger partial charge in [-0.3, -0.25) is 24.2 Å². The second-order valence-electron chi connectivity index (χ2n) is 11.1. The van der Waals surface area contributed by atoms with Crippen LogP contribution < -0.4 is 11.1 Å². The number of rotatable bonds is 14. The molecule has 4 N–H and O–H groups in total. The van der Waals surface area contributed by atoms with Crippen LogP contribution >= 0.6 is 11.8 Å². The maximum Gasteiger partial charge on any atom is 0.389 e. The minimum absolute atomic E-state index is 0.0852.